The van der Waals surface area contributed by atoms with Gasteiger partial charge in [-0.15, -0.1) is 0 Å². The molecule has 0 radical (unpaired) electrons. The molecular weight excluding hydrogens is 316 g/mol. The third-order valence-electron chi connectivity index (χ3n) is 5.44. The lowest BCUT2D eigenvalue weighted by Crippen LogP contribution is -2.40. The molecule has 4 atom stereocenters. The average molecular weight is 339 g/mol. The number of hydrogen-bond donors (Lipinski definition) is 1. The highest BCUT2D eigenvalue weighted by atomic mass is 19.3. The van der Waals surface area contributed by atoms with Crippen molar-refractivity contribution in [1.29, 1.82) is 0 Å². The largest absolute Gasteiger partial charge is 0.493 e. The molecule has 1 amide bonds. The van der Waals surface area contributed by atoms with Gasteiger partial charge in [0.2, 0.25) is 0 Å². The molecule has 1 N–H and O–H groups in total. The quantitative estimate of drug-likeness (QED) is 0.856. The van der Waals surface area contributed by atoms with Crippen LogP contribution in [0.3, 0.4) is 0 Å². The summed E-state index contributed by atoms with van der Waals surface area (Å²) in [5, 5.41) is 3.05. The van der Waals surface area contributed by atoms with Gasteiger partial charge in [0.15, 0.2) is 11.5 Å². The van der Waals surface area contributed by atoms with Crippen LogP contribution in [0.5, 0.6) is 11.5 Å². The normalized spacial score (nSPS) is 26.5. The lowest BCUT2D eigenvalue weighted by atomic mass is 9.84. The highest BCUT2D eigenvalue weighted by molar-refractivity contribution is 5.95. The van der Waals surface area contributed by atoms with Gasteiger partial charge in [-0.1, -0.05) is 6.42 Å². The van der Waals surface area contributed by atoms with Crippen molar-refractivity contribution in [1.82, 2.24) is 5.32 Å². The van der Waals surface area contributed by atoms with Gasteiger partial charge in [-0.25, -0.2) is 0 Å². The molecule has 0 heterocycles. The van der Waals surface area contributed by atoms with Gasteiger partial charge in [-0.2, -0.15) is 8.78 Å². The summed E-state index contributed by atoms with van der Waals surface area (Å²) in [6.45, 7) is -0.884. The summed E-state index contributed by atoms with van der Waals surface area (Å²) in [5.74, 6) is 1.91. The minimum Gasteiger partial charge on any atom is -0.493 e. The summed E-state index contributed by atoms with van der Waals surface area (Å²) in [7, 11) is 1.35. The lowest BCUT2D eigenvalue weighted by molar-refractivity contribution is -0.0512. The number of nitrogens with one attached hydrogen (secondary N) is 1. The maximum absolute atomic E-state index is 12.5. The van der Waals surface area contributed by atoms with E-state index in [2.05, 4.69) is 17.0 Å². The molecule has 2 fully saturated rings. The van der Waals surface area contributed by atoms with E-state index in [1.165, 1.54) is 51.0 Å². The molecule has 1 aromatic rings. The van der Waals surface area contributed by atoms with Crippen LogP contribution in [0.15, 0.2) is 18.2 Å². The lowest BCUT2D eigenvalue weighted by Gasteiger charge is -2.28. The molecule has 0 aliphatic heterocycles. The van der Waals surface area contributed by atoms with Crippen molar-refractivity contribution in [2.75, 3.05) is 7.11 Å². The van der Waals surface area contributed by atoms with Crippen LogP contribution in [-0.4, -0.2) is 25.7 Å². The monoisotopic (exact) mass is 339 g/mol. The van der Waals surface area contributed by atoms with Gasteiger partial charge in [-0.3, -0.25) is 4.79 Å². The first-order valence-electron chi connectivity index (χ1n) is 8.41. The number of fused-ring (bicyclic) bond motifs is 2. The fourth-order valence-corrected chi connectivity index (χ4v) is 4.31. The van der Waals surface area contributed by atoms with Crippen LogP contribution in [0, 0.1) is 17.8 Å². The van der Waals surface area contributed by atoms with E-state index in [4.69, 9.17) is 4.74 Å². The molecule has 132 valence electrons. The Labute approximate surface area is 140 Å². The van der Waals surface area contributed by atoms with Gasteiger partial charge in [0, 0.05) is 11.6 Å². The highest BCUT2D eigenvalue weighted by Crippen LogP contribution is 2.49. The smallest absolute Gasteiger partial charge is 0.387 e. The number of amides is 1. The van der Waals surface area contributed by atoms with Crippen LogP contribution in [0.25, 0.3) is 0 Å². The minimum absolute atomic E-state index is 0.0785. The molecule has 6 heteroatoms. The zero-order chi connectivity index (χ0) is 17.3. The molecule has 0 saturated heterocycles. The van der Waals surface area contributed by atoms with Crippen LogP contribution < -0.4 is 14.8 Å². The number of methoxy groups -OCH3 is 1. The average Bonchev–Trinajstić information content (AvgIpc) is 3.17. The third-order valence-corrected chi connectivity index (χ3v) is 5.44. The summed E-state index contributed by atoms with van der Waals surface area (Å²) in [6.07, 6.45) is 5.07. The first kappa shape index (κ1) is 17.0. The number of ether oxygens (including phenoxy) is 2. The molecule has 0 unspecified atom stereocenters. The minimum atomic E-state index is -2.93. The van der Waals surface area contributed by atoms with Gasteiger partial charge in [0.25, 0.3) is 5.91 Å². The molecule has 2 bridgehead atoms. The second kappa shape index (κ2) is 6.95. The van der Waals surface area contributed by atoms with E-state index >= 15 is 0 Å². The van der Waals surface area contributed by atoms with Crippen molar-refractivity contribution in [2.24, 2.45) is 17.8 Å². The number of hydrogen-bond acceptors (Lipinski definition) is 3. The van der Waals surface area contributed by atoms with Crippen molar-refractivity contribution >= 4 is 5.91 Å². The molecule has 1 aromatic carbocycles. The first-order chi connectivity index (χ1) is 11.5. The van der Waals surface area contributed by atoms with Crippen molar-refractivity contribution in [3.8, 4) is 11.5 Å². The van der Waals surface area contributed by atoms with E-state index < -0.39 is 6.61 Å². The molecule has 2 aliphatic carbocycles. The second-order valence-electron chi connectivity index (χ2n) is 6.84. The highest BCUT2D eigenvalue weighted by Gasteiger charge is 2.42. The molecule has 0 aromatic heterocycles. The molecule has 2 saturated carbocycles. The fourth-order valence-electron chi connectivity index (χ4n) is 4.31. The number of carbonyl (C=O) groups excluding carboxylic acids is 1. The standard InChI is InChI=1S/C18H23F2NO3/c1-10(14-8-11-3-4-12(14)7-11)21-17(22)13-5-6-15(24-18(19)20)16(9-13)23-2/h5-6,9-12,14,18H,3-4,7-8H2,1-2H3,(H,21,22)/t10-,11+,12+,14-/m1/s1. The van der Waals surface area contributed by atoms with Gasteiger partial charge in [-0.05, 0) is 62.1 Å². The van der Waals surface area contributed by atoms with E-state index in [-0.39, 0.29) is 23.4 Å². The SMILES string of the molecule is COc1cc(C(=O)N[C@H](C)[C@H]2C[C@H]3CC[C@H]2C3)ccc1OC(F)F. The van der Waals surface area contributed by atoms with Crippen molar-refractivity contribution in [3.05, 3.63) is 23.8 Å². The van der Waals surface area contributed by atoms with Gasteiger partial charge in [0.05, 0.1) is 7.11 Å². The number of alkyl halides is 2. The Morgan fingerprint density at radius 1 is 1.25 bits per heavy atom. The zero-order valence-electron chi connectivity index (χ0n) is 13.9. The summed E-state index contributed by atoms with van der Waals surface area (Å²) in [6, 6.07) is 4.35. The first-order valence-corrected chi connectivity index (χ1v) is 8.41. The Balaban J connectivity index is 1.66. The maximum Gasteiger partial charge on any atom is 0.387 e. The number of halogens is 2. The Morgan fingerprint density at radius 2 is 2.04 bits per heavy atom. The molecule has 4 nitrogen and oxygen atoms in total. The van der Waals surface area contributed by atoms with Crippen LogP contribution in [0.2, 0.25) is 0 Å². The van der Waals surface area contributed by atoms with Crippen molar-refractivity contribution < 1.29 is 23.0 Å². The zero-order valence-corrected chi connectivity index (χ0v) is 13.9. The van der Waals surface area contributed by atoms with E-state index in [0.717, 1.165) is 11.8 Å². The summed E-state index contributed by atoms with van der Waals surface area (Å²) >= 11 is 0. The summed E-state index contributed by atoms with van der Waals surface area (Å²) in [4.78, 5) is 12.5. The molecule has 2 aliphatic rings. The third kappa shape index (κ3) is 3.47. The molecule has 3 rings (SSSR count). The molecule has 0 spiro atoms. The fraction of sp³-hybridized carbons (Fsp3) is 0.611. The number of benzene rings is 1. The van der Waals surface area contributed by atoms with Crippen LogP contribution in [0.4, 0.5) is 8.78 Å². The van der Waals surface area contributed by atoms with Crippen molar-refractivity contribution in [2.45, 2.75) is 45.3 Å². The van der Waals surface area contributed by atoms with Gasteiger partial charge < -0.3 is 14.8 Å². The number of carbonyl (C=O) groups is 1. The molecular formula is C18H23F2NO3. The van der Waals surface area contributed by atoms with Gasteiger partial charge >= 0.3 is 6.61 Å². The Hall–Kier alpha value is -1.85. The number of rotatable bonds is 6. The Bertz CT molecular complexity index is 608. The predicted molar refractivity (Wildman–Crippen MR) is 85.5 cm³/mol. The van der Waals surface area contributed by atoms with Crippen molar-refractivity contribution in [3.63, 3.8) is 0 Å². The van der Waals surface area contributed by atoms with E-state index in [1.807, 2.05) is 0 Å². The van der Waals surface area contributed by atoms with Crippen LogP contribution in [0.1, 0.15) is 43.0 Å². The van der Waals surface area contributed by atoms with E-state index in [0.29, 0.717) is 11.5 Å². The van der Waals surface area contributed by atoms with E-state index in [1.54, 1.807) is 0 Å². The van der Waals surface area contributed by atoms with Crippen LogP contribution >= 0.6 is 0 Å². The predicted octanol–water partition coefficient (Wildman–Crippen LogP) is 3.85. The summed E-state index contributed by atoms with van der Waals surface area (Å²) < 4.78 is 34.1. The molecule has 24 heavy (non-hydrogen) atoms. The van der Waals surface area contributed by atoms with E-state index in [9.17, 15) is 13.6 Å². The summed E-state index contributed by atoms with van der Waals surface area (Å²) in [5.41, 5.74) is 0.378. The maximum atomic E-state index is 12.5. The topological polar surface area (TPSA) is 47.6 Å². The Kier molecular flexibility index (Phi) is 4.92. The Morgan fingerprint density at radius 3 is 2.62 bits per heavy atom. The van der Waals surface area contributed by atoms with Crippen LogP contribution in [-0.2, 0) is 0 Å². The van der Waals surface area contributed by atoms with Gasteiger partial charge in [0.1, 0.15) is 0 Å². The second-order valence-corrected chi connectivity index (χ2v) is 6.84.